The predicted octanol–water partition coefficient (Wildman–Crippen LogP) is 1.17. The van der Waals surface area contributed by atoms with Crippen molar-refractivity contribution in [3.63, 3.8) is 0 Å². The van der Waals surface area contributed by atoms with Crippen LogP contribution in [-0.4, -0.2) is 32.3 Å². The van der Waals surface area contributed by atoms with Crippen molar-refractivity contribution < 1.29 is 14.6 Å². The highest BCUT2D eigenvalue weighted by molar-refractivity contribution is 5.73. The van der Waals surface area contributed by atoms with Gasteiger partial charge in [0.05, 0.1) is 13.5 Å². The van der Waals surface area contributed by atoms with Crippen molar-refractivity contribution in [3.05, 3.63) is 23.8 Å². The van der Waals surface area contributed by atoms with E-state index in [9.17, 15) is 9.90 Å². The van der Waals surface area contributed by atoms with Gasteiger partial charge in [0.15, 0.2) is 0 Å². The average Bonchev–Trinajstić information content (AvgIpc) is 2.20. The molecule has 0 aliphatic rings. The second kappa shape index (κ2) is 4.68. The molecule has 0 bridgehead atoms. The van der Waals surface area contributed by atoms with Gasteiger partial charge in [-0.3, -0.25) is 4.79 Å². The Morgan fingerprint density at radius 3 is 2.60 bits per heavy atom. The summed E-state index contributed by atoms with van der Waals surface area (Å²) in [6, 6.07) is 5.19. The minimum absolute atomic E-state index is 0.0933. The standard InChI is InChI=1S/C11H15NO3/c1-12(2)9-5-4-8(10(13)7-9)6-11(14)15-3/h4-5,7,13H,6H2,1-3H3. The molecule has 0 fully saturated rings. The number of benzene rings is 1. The Bertz CT molecular complexity index is 361. The van der Waals surface area contributed by atoms with E-state index in [2.05, 4.69) is 4.74 Å². The average molecular weight is 209 g/mol. The van der Waals surface area contributed by atoms with E-state index < -0.39 is 0 Å². The Labute approximate surface area is 89.1 Å². The molecule has 1 aromatic rings. The number of nitrogens with zero attached hydrogens (tertiary/aromatic N) is 1. The first-order valence-electron chi connectivity index (χ1n) is 4.60. The lowest BCUT2D eigenvalue weighted by molar-refractivity contribution is -0.139. The Morgan fingerprint density at radius 1 is 1.47 bits per heavy atom. The summed E-state index contributed by atoms with van der Waals surface area (Å²) in [5.74, 6) is -0.241. The van der Waals surface area contributed by atoms with Gasteiger partial charge in [0.25, 0.3) is 0 Å². The zero-order valence-electron chi connectivity index (χ0n) is 9.15. The molecule has 0 spiro atoms. The maximum absolute atomic E-state index is 11.0. The lowest BCUT2D eigenvalue weighted by Gasteiger charge is -2.13. The lowest BCUT2D eigenvalue weighted by atomic mass is 10.1. The molecule has 0 heterocycles. The smallest absolute Gasteiger partial charge is 0.310 e. The van der Waals surface area contributed by atoms with E-state index in [-0.39, 0.29) is 18.1 Å². The van der Waals surface area contributed by atoms with E-state index in [1.165, 1.54) is 7.11 Å². The van der Waals surface area contributed by atoms with Gasteiger partial charge in [0.1, 0.15) is 5.75 Å². The Hall–Kier alpha value is -1.71. The minimum Gasteiger partial charge on any atom is -0.508 e. The number of anilines is 1. The molecule has 1 rings (SSSR count). The molecule has 4 heteroatoms. The van der Waals surface area contributed by atoms with Crippen LogP contribution < -0.4 is 4.90 Å². The van der Waals surface area contributed by atoms with E-state index in [4.69, 9.17) is 0 Å². The van der Waals surface area contributed by atoms with Crippen molar-refractivity contribution in [1.82, 2.24) is 0 Å². The maximum atomic E-state index is 11.0. The molecule has 0 amide bonds. The molecule has 1 N–H and O–H groups in total. The van der Waals surface area contributed by atoms with Gasteiger partial charge >= 0.3 is 5.97 Å². The van der Waals surface area contributed by atoms with Crippen LogP contribution in [0.2, 0.25) is 0 Å². The van der Waals surface area contributed by atoms with Gasteiger partial charge in [-0.25, -0.2) is 0 Å². The second-order valence-corrected chi connectivity index (χ2v) is 3.46. The zero-order valence-corrected chi connectivity index (χ0v) is 9.15. The normalized spacial score (nSPS) is 9.80. The first-order valence-corrected chi connectivity index (χ1v) is 4.60. The Balaban J connectivity index is 2.88. The third-order valence-electron chi connectivity index (χ3n) is 2.15. The number of esters is 1. The molecule has 82 valence electrons. The highest BCUT2D eigenvalue weighted by Crippen LogP contribution is 2.23. The summed E-state index contributed by atoms with van der Waals surface area (Å²) in [5, 5.41) is 9.65. The number of phenols is 1. The van der Waals surface area contributed by atoms with Gasteiger partial charge in [0, 0.05) is 31.4 Å². The largest absolute Gasteiger partial charge is 0.508 e. The van der Waals surface area contributed by atoms with E-state index >= 15 is 0 Å². The first-order chi connectivity index (χ1) is 7.04. The first kappa shape index (κ1) is 11.4. The highest BCUT2D eigenvalue weighted by Gasteiger charge is 2.08. The number of phenolic OH excluding ortho intramolecular Hbond substituents is 1. The van der Waals surface area contributed by atoms with E-state index in [0.717, 1.165) is 5.69 Å². The topological polar surface area (TPSA) is 49.8 Å². The number of aromatic hydroxyl groups is 1. The van der Waals surface area contributed by atoms with Crippen LogP contribution in [0.15, 0.2) is 18.2 Å². The second-order valence-electron chi connectivity index (χ2n) is 3.46. The monoisotopic (exact) mass is 209 g/mol. The van der Waals surface area contributed by atoms with Crippen LogP contribution in [0, 0.1) is 0 Å². The van der Waals surface area contributed by atoms with Crippen molar-refractivity contribution in [2.75, 3.05) is 26.1 Å². The molecule has 1 aromatic carbocycles. The number of hydrogen-bond donors (Lipinski definition) is 1. The Morgan fingerprint density at radius 2 is 2.13 bits per heavy atom. The molecule has 0 radical (unpaired) electrons. The molecule has 15 heavy (non-hydrogen) atoms. The molecule has 0 saturated carbocycles. The lowest BCUT2D eigenvalue weighted by Crippen LogP contribution is -2.09. The highest BCUT2D eigenvalue weighted by atomic mass is 16.5. The van der Waals surface area contributed by atoms with Gasteiger partial charge in [-0.1, -0.05) is 6.07 Å². The summed E-state index contributed by atoms with van der Waals surface area (Å²) in [7, 11) is 5.09. The molecular weight excluding hydrogens is 194 g/mol. The molecule has 0 unspecified atom stereocenters. The van der Waals surface area contributed by atoms with Crippen LogP contribution in [0.25, 0.3) is 0 Å². The summed E-state index contributed by atoms with van der Waals surface area (Å²) in [6.45, 7) is 0. The van der Waals surface area contributed by atoms with Crippen molar-refractivity contribution in [1.29, 1.82) is 0 Å². The molecule has 0 aliphatic heterocycles. The Kier molecular flexibility index (Phi) is 3.55. The maximum Gasteiger partial charge on any atom is 0.310 e. The fourth-order valence-electron chi connectivity index (χ4n) is 1.21. The van der Waals surface area contributed by atoms with Gasteiger partial charge in [-0.05, 0) is 6.07 Å². The quantitative estimate of drug-likeness (QED) is 0.759. The number of carbonyl (C=O) groups excluding carboxylic acids is 1. The van der Waals surface area contributed by atoms with Crippen LogP contribution in [0.3, 0.4) is 0 Å². The minimum atomic E-state index is -0.358. The summed E-state index contributed by atoms with van der Waals surface area (Å²) in [6.07, 6.45) is 0.0933. The molecule has 0 aromatic heterocycles. The summed E-state index contributed by atoms with van der Waals surface area (Å²) in [4.78, 5) is 12.9. The SMILES string of the molecule is COC(=O)Cc1ccc(N(C)C)cc1O. The predicted molar refractivity (Wildman–Crippen MR) is 58.2 cm³/mol. The summed E-state index contributed by atoms with van der Waals surface area (Å²) < 4.78 is 4.53. The van der Waals surface area contributed by atoms with Crippen molar-refractivity contribution in [2.24, 2.45) is 0 Å². The van der Waals surface area contributed by atoms with Gasteiger partial charge < -0.3 is 14.7 Å². The van der Waals surface area contributed by atoms with Crippen molar-refractivity contribution in [3.8, 4) is 5.75 Å². The van der Waals surface area contributed by atoms with E-state index in [0.29, 0.717) is 5.56 Å². The fraction of sp³-hybridized carbons (Fsp3) is 0.364. The molecule has 0 atom stereocenters. The molecule has 0 saturated heterocycles. The van der Waals surface area contributed by atoms with Crippen LogP contribution in [-0.2, 0) is 16.0 Å². The van der Waals surface area contributed by atoms with Crippen LogP contribution in [0.4, 0.5) is 5.69 Å². The summed E-state index contributed by atoms with van der Waals surface area (Å²) >= 11 is 0. The van der Waals surface area contributed by atoms with Crippen molar-refractivity contribution in [2.45, 2.75) is 6.42 Å². The summed E-state index contributed by atoms with van der Waals surface area (Å²) in [5.41, 5.74) is 1.47. The number of rotatable bonds is 3. The number of hydrogen-bond acceptors (Lipinski definition) is 4. The number of methoxy groups -OCH3 is 1. The van der Waals surface area contributed by atoms with Crippen LogP contribution >= 0.6 is 0 Å². The number of carbonyl (C=O) groups is 1. The van der Waals surface area contributed by atoms with Gasteiger partial charge in [0.2, 0.25) is 0 Å². The molecule has 0 aliphatic carbocycles. The van der Waals surface area contributed by atoms with Crippen LogP contribution in [0.5, 0.6) is 5.75 Å². The van der Waals surface area contributed by atoms with Crippen molar-refractivity contribution >= 4 is 11.7 Å². The third kappa shape index (κ3) is 2.87. The van der Waals surface area contributed by atoms with Gasteiger partial charge in [-0.15, -0.1) is 0 Å². The number of ether oxygens (including phenoxy) is 1. The van der Waals surface area contributed by atoms with E-state index in [1.54, 1.807) is 12.1 Å². The molecule has 4 nitrogen and oxygen atoms in total. The van der Waals surface area contributed by atoms with Gasteiger partial charge in [-0.2, -0.15) is 0 Å². The van der Waals surface area contributed by atoms with Crippen LogP contribution in [0.1, 0.15) is 5.56 Å². The third-order valence-corrected chi connectivity index (χ3v) is 2.15. The molecular formula is C11H15NO3. The zero-order chi connectivity index (χ0) is 11.4. The fourth-order valence-corrected chi connectivity index (χ4v) is 1.21. The van der Waals surface area contributed by atoms with E-state index in [1.807, 2.05) is 25.1 Å².